The van der Waals surface area contributed by atoms with Crippen LogP contribution in [-0.4, -0.2) is 21.3 Å². The van der Waals surface area contributed by atoms with Gasteiger partial charge in [-0.15, -0.1) is 10.2 Å². The van der Waals surface area contributed by atoms with Crippen molar-refractivity contribution >= 4 is 39.7 Å². The monoisotopic (exact) mass is 420 g/mol. The number of aromatic nitrogens is 2. The first-order valence-electron chi connectivity index (χ1n) is 7.21. The number of rotatable bonds is 5. The molecule has 0 aliphatic rings. The van der Waals surface area contributed by atoms with Gasteiger partial charge in [-0.3, -0.25) is 0 Å². The van der Waals surface area contributed by atoms with Crippen molar-refractivity contribution < 1.29 is 18.7 Å². The Bertz CT molecular complexity index is 961. The van der Waals surface area contributed by atoms with E-state index in [1.807, 2.05) is 25.1 Å². The summed E-state index contributed by atoms with van der Waals surface area (Å²) in [6.45, 7) is 3.64. The summed E-state index contributed by atoms with van der Waals surface area (Å²) in [5.41, 5.74) is 2.02. The van der Waals surface area contributed by atoms with Crippen LogP contribution in [0.2, 0.25) is 0 Å². The number of carbonyl (C=O) groups is 1. The maximum atomic E-state index is 11.5. The normalized spacial score (nSPS) is 11.7. The number of thioether (sulfide) groups is 1. The van der Waals surface area contributed by atoms with Gasteiger partial charge in [0.25, 0.3) is 5.22 Å². The highest BCUT2D eigenvalue weighted by Gasteiger charge is 2.16. The van der Waals surface area contributed by atoms with E-state index >= 15 is 0 Å². The number of hydrogen-bond donors (Lipinski definition) is 1. The van der Waals surface area contributed by atoms with E-state index in [1.54, 1.807) is 19.1 Å². The number of nitrogens with zero attached hydrogens (tertiary/aromatic N) is 2. The zero-order valence-corrected chi connectivity index (χ0v) is 15.7. The molecule has 0 amide bonds. The lowest BCUT2D eigenvalue weighted by Gasteiger charge is -2.02. The van der Waals surface area contributed by atoms with Crippen LogP contribution in [0.15, 0.2) is 53.8 Å². The molecule has 0 saturated carbocycles. The summed E-state index contributed by atoms with van der Waals surface area (Å²) in [5.74, 6) is 0.331. The highest BCUT2D eigenvalue weighted by atomic mass is 79.9. The third-order valence-corrected chi connectivity index (χ3v) is 4.71. The Morgan fingerprint density at radius 1 is 1.20 bits per heavy atom. The quantitative estimate of drug-likeness (QED) is 0.462. The van der Waals surface area contributed by atoms with Gasteiger partial charge in [0.2, 0.25) is 5.89 Å². The lowest BCUT2D eigenvalue weighted by Crippen LogP contribution is -1.96. The summed E-state index contributed by atoms with van der Waals surface area (Å²) < 4.78 is 11.9. The van der Waals surface area contributed by atoms with Crippen LogP contribution in [0.5, 0.6) is 0 Å². The molecule has 0 unspecified atom stereocenters. The number of halogens is 1. The summed E-state index contributed by atoms with van der Waals surface area (Å²) in [6.07, 6.45) is 1.43. The zero-order chi connectivity index (χ0) is 18.0. The number of furan rings is 1. The molecule has 8 heteroatoms. The molecule has 6 nitrogen and oxygen atoms in total. The Morgan fingerprint density at radius 3 is 2.64 bits per heavy atom. The predicted molar refractivity (Wildman–Crippen MR) is 97.1 cm³/mol. The van der Waals surface area contributed by atoms with Crippen LogP contribution >= 0.6 is 27.7 Å². The molecule has 2 aromatic heterocycles. The van der Waals surface area contributed by atoms with E-state index in [4.69, 9.17) is 8.83 Å². The standard InChI is InChI=1S/C17H13BrN2O4S/c1-9-3-5-12(13(18)7-9)14-6-4-11(24-14)8-15(16(21)22)25-17-20-19-10(2)23-17/h3-8H,1-2H3,(H,21,22)/b15-8-. The SMILES string of the molecule is Cc1ccc(-c2ccc(/C=C(\Sc3nnc(C)o3)C(=O)O)o2)c(Br)c1. The third-order valence-electron chi connectivity index (χ3n) is 3.21. The average Bonchev–Trinajstić information content (AvgIpc) is 3.16. The maximum absolute atomic E-state index is 11.5. The average molecular weight is 421 g/mol. The molecule has 2 heterocycles. The fourth-order valence-corrected chi connectivity index (χ4v) is 3.46. The molecule has 3 rings (SSSR count). The summed E-state index contributed by atoms with van der Waals surface area (Å²) in [6, 6.07) is 9.42. The first kappa shape index (κ1) is 17.5. The topological polar surface area (TPSA) is 89.4 Å². The fraction of sp³-hybridized carbons (Fsp3) is 0.118. The van der Waals surface area contributed by atoms with Crippen LogP contribution in [-0.2, 0) is 4.79 Å². The molecule has 1 aromatic carbocycles. The van der Waals surface area contributed by atoms with Gasteiger partial charge in [0, 0.05) is 23.0 Å². The Kier molecular flexibility index (Phi) is 5.10. The van der Waals surface area contributed by atoms with Gasteiger partial charge in [0.1, 0.15) is 16.4 Å². The molecule has 0 fully saturated rings. The van der Waals surface area contributed by atoms with E-state index in [1.165, 1.54) is 6.08 Å². The smallest absolute Gasteiger partial charge is 0.342 e. The molecular formula is C17H13BrN2O4S. The first-order chi connectivity index (χ1) is 11.9. The molecule has 128 valence electrons. The van der Waals surface area contributed by atoms with Crippen LogP contribution in [0.25, 0.3) is 17.4 Å². The van der Waals surface area contributed by atoms with Gasteiger partial charge < -0.3 is 13.9 Å². The Balaban J connectivity index is 1.88. The van der Waals surface area contributed by atoms with E-state index in [2.05, 4.69) is 26.1 Å². The molecule has 3 aromatic rings. The van der Waals surface area contributed by atoms with Crippen LogP contribution < -0.4 is 0 Å². The zero-order valence-electron chi connectivity index (χ0n) is 13.3. The number of aryl methyl sites for hydroxylation is 2. The third kappa shape index (κ3) is 4.21. The lowest BCUT2D eigenvalue weighted by molar-refractivity contribution is -0.131. The van der Waals surface area contributed by atoms with Crippen molar-refractivity contribution in [2.75, 3.05) is 0 Å². The number of carboxylic acids is 1. The molecule has 0 atom stereocenters. The van der Waals surface area contributed by atoms with Gasteiger partial charge in [-0.2, -0.15) is 0 Å². The van der Waals surface area contributed by atoms with Crippen molar-refractivity contribution in [1.82, 2.24) is 10.2 Å². The molecule has 0 aliphatic heterocycles. The highest BCUT2D eigenvalue weighted by Crippen LogP contribution is 2.32. The van der Waals surface area contributed by atoms with Crippen LogP contribution in [0.4, 0.5) is 0 Å². The minimum atomic E-state index is -1.10. The van der Waals surface area contributed by atoms with Crippen LogP contribution in [0.3, 0.4) is 0 Å². The molecular weight excluding hydrogens is 408 g/mol. The second kappa shape index (κ2) is 7.28. The second-order valence-corrected chi connectivity index (χ2v) is 7.04. The predicted octanol–water partition coefficient (Wildman–Crippen LogP) is 4.93. The van der Waals surface area contributed by atoms with E-state index in [0.29, 0.717) is 17.4 Å². The number of benzene rings is 1. The van der Waals surface area contributed by atoms with Crippen molar-refractivity contribution in [2.45, 2.75) is 19.1 Å². The van der Waals surface area contributed by atoms with Gasteiger partial charge in [0.05, 0.1) is 0 Å². The molecule has 0 spiro atoms. The van der Waals surface area contributed by atoms with Gasteiger partial charge >= 0.3 is 5.97 Å². The van der Waals surface area contributed by atoms with Crippen LogP contribution in [0, 0.1) is 13.8 Å². The Labute approximate surface area is 156 Å². The van der Waals surface area contributed by atoms with Crippen molar-refractivity contribution in [3.05, 3.63) is 56.9 Å². The number of aliphatic carboxylic acids is 1. The molecule has 0 bridgehead atoms. The summed E-state index contributed by atoms with van der Waals surface area (Å²) in [4.78, 5) is 11.5. The maximum Gasteiger partial charge on any atom is 0.342 e. The minimum absolute atomic E-state index is 0.0209. The van der Waals surface area contributed by atoms with Crippen LogP contribution in [0.1, 0.15) is 17.2 Å². The number of hydrogen-bond acceptors (Lipinski definition) is 6. The molecule has 0 saturated heterocycles. The highest BCUT2D eigenvalue weighted by molar-refractivity contribution is 9.10. The lowest BCUT2D eigenvalue weighted by atomic mass is 10.1. The van der Waals surface area contributed by atoms with E-state index < -0.39 is 5.97 Å². The summed E-state index contributed by atoms with van der Waals surface area (Å²) in [5, 5.41) is 17.0. The fourth-order valence-electron chi connectivity index (χ4n) is 2.07. The first-order valence-corrected chi connectivity index (χ1v) is 8.82. The Morgan fingerprint density at radius 2 is 2.00 bits per heavy atom. The number of carboxylic acid groups (broad SMARTS) is 1. The van der Waals surface area contributed by atoms with Crippen molar-refractivity contribution in [3.8, 4) is 11.3 Å². The summed E-state index contributed by atoms with van der Waals surface area (Å²) in [7, 11) is 0. The largest absolute Gasteiger partial charge is 0.477 e. The Hall–Kier alpha value is -2.32. The van der Waals surface area contributed by atoms with Crippen molar-refractivity contribution in [3.63, 3.8) is 0 Å². The van der Waals surface area contributed by atoms with Gasteiger partial charge in [-0.1, -0.05) is 22.0 Å². The summed E-state index contributed by atoms with van der Waals surface area (Å²) >= 11 is 4.39. The van der Waals surface area contributed by atoms with Gasteiger partial charge in [-0.05, 0) is 48.5 Å². The van der Waals surface area contributed by atoms with E-state index in [-0.39, 0.29) is 10.1 Å². The van der Waals surface area contributed by atoms with Gasteiger partial charge in [-0.25, -0.2) is 4.79 Å². The van der Waals surface area contributed by atoms with Crippen molar-refractivity contribution in [1.29, 1.82) is 0 Å². The minimum Gasteiger partial charge on any atom is -0.477 e. The van der Waals surface area contributed by atoms with E-state index in [9.17, 15) is 9.90 Å². The van der Waals surface area contributed by atoms with E-state index in [0.717, 1.165) is 27.4 Å². The van der Waals surface area contributed by atoms with Gasteiger partial charge in [0.15, 0.2) is 0 Å². The molecule has 1 N–H and O–H groups in total. The van der Waals surface area contributed by atoms with Crippen molar-refractivity contribution in [2.24, 2.45) is 0 Å². The molecule has 25 heavy (non-hydrogen) atoms. The molecule has 0 radical (unpaired) electrons. The second-order valence-electron chi connectivity index (χ2n) is 5.19. The molecule has 0 aliphatic carbocycles.